The number of nitrogens with one attached hydrogen (secondary N) is 1. The molecule has 4 rings (SSSR count). The Morgan fingerprint density at radius 1 is 1.00 bits per heavy atom. The number of thiophene rings is 1. The van der Waals surface area contributed by atoms with Crippen LogP contribution in [0.1, 0.15) is 56.9 Å². The number of benzene rings is 1. The van der Waals surface area contributed by atoms with Gasteiger partial charge < -0.3 is 10.2 Å². The number of aromatic nitrogens is 1. The van der Waals surface area contributed by atoms with Gasteiger partial charge in [0, 0.05) is 18.0 Å². The highest BCUT2D eigenvalue weighted by Gasteiger charge is 2.33. The lowest BCUT2D eigenvalue weighted by molar-refractivity contribution is -0.141. The number of aryl methyl sites for hydroxylation is 1. The number of pyridine rings is 1. The van der Waals surface area contributed by atoms with Crippen LogP contribution in [0.25, 0.3) is 10.4 Å². The molecule has 1 fully saturated rings. The monoisotopic (exact) mass is 487 g/mol. The lowest BCUT2D eigenvalue weighted by atomic mass is 10.0. The zero-order valence-electron chi connectivity index (χ0n) is 18.8. The maximum absolute atomic E-state index is 13.5. The Kier molecular flexibility index (Phi) is 6.74. The number of anilines is 1. The second-order valence-electron chi connectivity index (χ2n) is 8.26. The van der Waals surface area contributed by atoms with Gasteiger partial charge in [0.1, 0.15) is 10.7 Å². The average Bonchev–Trinajstić information content (AvgIpc) is 3.14. The molecule has 9 heteroatoms. The molecule has 0 saturated carbocycles. The minimum atomic E-state index is -4.59. The molecule has 2 amide bonds. The number of likely N-dealkylation sites (tertiary alicyclic amines) is 1. The number of hydrogen-bond donors (Lipinski definition) is 1. The number of amides is 2. The minimum absolute atomic E-state index is 0.0247. The Balaban J connectivity index is 1.71. The Morgan fingerprint density at radius 2 is 1.68 bits per heavy atom. The van der Waals surface area contributed by atoms with E-state index in [1.54, 1.807) is 4.90 Å². The molecule has 1 aromatic carbocycles. The van der Waals surface area contributed by atoms with Gasteiger partial charge in [0.25, 0.3) is 11.8 Å². The summed E-state index contributed by atoms with van der Waals surface area (Å²) in [5, 5.41) is 3.17. The Hall–Kier alpha value is -3.20. The fourth-order valence-corrected chi connectivity index (χ4v) is 5.31. The van der Waals surface area contributed by atoms with Crippen molar-refractivity contribution in [2.45, 2.75) is 39.3 Å². The van der Waals surface area contributed by atoms with E-state index in [2.05, 4.69) is 10.3 Å². The van der Waals surface area contributed by atoms with Crippen molar-refractivity contribution in [3.05, 3.63) is 70.5 Å². The first-order valence-corrected chi connectivity index (χ1v) is 11.8. The van der Waals surface area contributed by atoms with Crippen LogP contribution in [-0.2, 0) is 6.18 Å². The molecule has 0 atom stereocenters. The molecule has 3 aromatic rings. The molecule has 1 aliphatic rings. The summed E-state index contributed by atoms with van der Waals surface area (Å²) in [7, 11) is 0. The quantitative estimate of drug-likeness (QED) is 0.468. The number of carbonyl (C=O) groups is 2. The molecule has 3 heterocycles. The first kappa shape index (κ1) is 23.9. The van der Waals surface area contributed by atoms with Crippen molar-refractivity contribution in [3.8, 4) is 10.4 Å². The zero-order valence-corrected chi connectivity index (χ0v) is 19.6. The predicted octanol–water partition coefficient (Wildman–Crippen LogP) is 6.32. The molecule has 178 valence electrons. The summed E-state index contributed by atoms with van der Waals surface area (Å²) >= 11 is 1.29. The highest BCUT2D eigenvalue weighted by Crippen LogP contribution is 2.41. The minimum Gasteiger partial charge on any atom is -0.339 e. The standard InChI is InChI=1S/C25H24F3N3O2S/c1-15-20(24(33)31-13-7-4-8-14-31)23(34-21(15)17-9-5-3-6-10-17)30-22(32)18-11-12-19(25(26,27)28)29-16(18)2/h3,5-6,9-12H,4,7-8,13-14H2,1-2H3,(H,30,32). The average molecular weight is 488 g/mol. The van der Waals surface area contributed by atoms with Gasteiger partial charge in [0.05, 0.1) is 16.8 Å². The predicted molar refractivity (Wildman–Crippen MR) is 126 cm³/mol. The fraction of sp³-hybridized carbons (Fsp3) is 0.320. The third-order valence-electron chi connectivity index (χ3n) is 5.89. The molecule has 0 unspecified atom stereocenters. The van der Waals surface area contributed by atoms with Gasteiger partial charge >= 0.3 is 6.18 Å². The van der Waals surface area contributed by atoms with Gasteiger partial charge in [-0.15, -0.1) is 11.3 Å². The fourth-order valence-electron chi connectivity index (χ4n) is 4.11. The van der Waals surface area contributed by atoms with Crippen LogP contribution < -0.4 is 5.32 Å². The molecule has 0 spiro atoms. The van der Waals surface area contributed by atoms with E-state index in [4.69, 9.17) is 0 Å². The van der Waals surface area contributed by atoms with Gasteiger partial charge in [-0.2, -0.15) is 13.2 Å². The SMILES string of the molecule is Cc1nc(C(F)(F)F)ccc1C(=O)Nc1sc(-c2ccccc2)c(C)c1C(=O)N1CCCCC1. The third-order valence-corrected chi connectivity index (χ3v) is 7.14. The largest absolute Gasteiger partial charge is 0.433 e. The van der Waals surface area contributed by atoms with Crippen LogP contribution in [0.5, 0.6) is 0 Å². The zero-order chi connectivity index (χ0) is 24.5. The van der Waals surface area contributed by atoms with Crippen LogP contribution in [0.3, 0.4) is 0 Å². The molecule has 1 aliphatic heterocycles. The van der Waals surface area contributed by atoms with Crippen LogP contribution in [0, 0.1) is 13.8 Å². The highest BCUT2D eigenvalue weighted by molar-refractivity contribution is 7.20. The van der Waals surface area contributed by atoms with Crippen LogP contribution in [-0.4, -0.2) is 34.8 Å². The molecule has 5 nitrogen and oxygen atoms in total. The van der Waals surface area contributed by atoms with Crippen LogP contribution >= 0.6 is 11.3 Å². The lowest BCUT2D eigenvalue weighted by Gasteiger charge is -2.27. The van der Waals surface area contributed by atoms with Crippen molar-refractivity contribution >= 4 is 28.2 Å². The van der Waals surface area contributed by atoms with E-state index in [1.807, 2.05) is 37.3 Å². The van der Waals surface area contributed by atoms with E-state index < -0.39 is 17.8 Å². The first-order valence-electron chi connectivity index (χ1n) is 11.0. The number of carbonyl (C=O) groups excluding carboxylic acids is 2. The summed E-state index contributed by atoms with van der Waals surface area (Å²) in [5.41, 5.74) is 1.05. The summed E-state index contributed by atoms with van der Waals surface area (Å²) in [6.45, 7) is 4.53. The number of rotatable bonds is 4. The number of piperidine rings is 1. The Bertz CT molecular complexity index is 1220. The van der Waals surface area contributed by atoms with Gasteiger partial charge in [-0.3, -0.25) is 9.59 Å². The summed E-state index contributed by atoms with van der Waals surface area (Å²) in [6, 6.07) is 11.5. The molecule has 2 aromatic heterocycles. The van der Waals surface area contributed by atoms with E-state index >= 15 is 0 Å². The summed E-state index contributed by atoms with van der Waals surface area (Å²) < 4.78 is 38.9. The van der Waals surface area contributed by atoms with E-state index in [0.29, 0.717) is 23.7 Å². The van der Waals surface area contributed by atoms with Crippen molar-refractivity contribution < 1.29 is 22.8 Å². The van der Waals surface area contributed by atoms with Crippen molar-refractivity contribution in [2.75, 3.05) is 18.4 Å². The van der Waals surface area contributed by atoms with Gasteiger partial charge in [0.2, 0.25) is 0 Å². The molecule has 34 heavy (non-hydrogen) atoms. The van der Waals surface area contributed by atoms with Crippen molar-refractivity contribution in [1.29, 1.82) is 0 Å². The lowest BCUT2D eigenvalue weighted by Crippen LogP contribution is -2.36. The number of alkyl halides is 3. The van der Waals surface area contributed by atoms with Crippen LogP contribution in [0.4, 0.5) is 18.2 Å². The molecule has 1 N–H and O–H groups in total. The summed E-state index contributed by atoms with van der Waals surface area (Å²) in [4.78, 5) is 32.7. The number of halogens is 3. The molecule has 0 aliphatic carbocycles. The molecular weight excluding hydrogens is 463 g/mol. The second kappa shape index (κ2) is 9.58. The van der Waals surface area contributed by atoms with Crippen molar-refractivity contribution in [1.82, 2.24) is 9.88 Å². The van der Waals surface area contributed by atoms with E-state index in [1.165, 1.54) is 18.3 Å². The first-order chi connectivity index (χ1) is 16.2. The highest BCUT2D eigenvalue weighted by atomic mass is 32.1. The molecular formula is C25H24F3N3O2S. The third kappa shape index (κ3) is 4.84. The van der Waals surface area contributed by atoms with E-state index in [9.17, 15) is 22.8 Å². The van der Waals surface area contributed by atoms with E-state index in [0.717, 1.165) is 47.4 Å². The topological polar surface area (TPSA) is 62.3 Å². The van der Waals surface area contributed by atoms with Crippen molar-refractivity contribution in [3.63, 3.8) is 0 Å². The van der Waals surface area contributed by atoms with Crippen LogP contribution in [0.2, 0.25) is 0 Å². The smallest absolute Gasteiger partial charge is 0.339 e. The van der Waals surface area contributed by atoms with Crippen LogP contribution in [0.15, 0.2) is 42.5 Å². The maximum Gasteiger partial charge on any atom is 0.433 e. The number of nitrogens with zero attached hydrogens (tertiary/aromatic N) is 2. The molecule has 1 saturated heterocycles. The Labute approximate surface area is 199 Å². The number of hydrogen-bond acceptors (Lipinski definition) is 4. The van der Waals surface area contributed by atoms with Gasteiger partial charge in [-0.25, -0.2) is 4.98 Å². The molecule has 0 bridgehead atoms. The molecule has 0 radical (unpaired) electrons. The Morgan fingerprint density at radius 3 is 2.29 bits per heavy atom. The van der Waals surface area contributed by atoms with Gasteiger partial charge in [-0.1, -0.05) is 30.3 Å². The summed E-state index contributed by atoms with van der Waals surface area (Å²) in [5.74, 6) is -0.750. The van der Waals surface area contributed by atoms with Crippen molar-refractivity contribution in [2.24, 2.45) is 0 Å². The van der Waals surface area contributed by atoms with Gasteiger partial charge in [0.15, 0.2) is 0 Å². The van der Waals surface area contributed by atoms with Gasteiger partial charge in [-0.05, 0) is 56.4 Å². The van der Waals surface area contributed by atoms with E-state index in [-0.39, 0.29) is 17.2 Å². The second-order valence-corrected chi connectivity index (χ2v) is 9.28. The summed E-state index contributed by atoms with van der Waals surface area (Å²) in [6.07, 6.45) is -1.66. The normalized spacial score (nSPS) is 14.2. The maximum atomic E-state index is 13.5.